The van der Waals surface area contributed by atoms with Gasteiger partial charge in [0.05, 0.1) is 31.9 Å². The first-order valence-electron chi connectivity index (χ1n) is 8.59. The van der Waals surface area contributed by atoms with Crippen LogP contribution in [-0.2, 0) is 11.2 Å². The largest absolute Gasteiger partial charge is 0.496 e. The predicted octanol–water partition coefficient (Wildman–Crippen LogP) is 3.52. The van der Waals surface area contributed by atoms with Crippen molar-refractivity contribution in [1.29, 1.82) is 0 Å². The number of methoxy groups -OCH3 is 1. The smallest absolute Gasteiger partial charge is 0.143 e. The number of pyridine rings is 1. The summed E-state index contributed by atoms with van der Waals surface area (Å²) in [6.45, 7) is 1.33. The molecule has 0 N–H and O–H groups in total. The fraction of sp³-hybridized carbons (Fsp3) is 0.300. The number of hydrogen-bond donors (Lipinski definition) is 0. The van der Waals surface area contributed by atoms with Crippen molar-refractivity contribution in [3.63, 3.8) is 0 Å². The van der Waals surface area contributed by atoms with Gasteiger partial charge in [-0.2, -0.15) is 0 Å². The van der Waals surface area contributed by atoms with Gasteiger partial charge in [0.2, 0.25) is 0 Å². The van der Waals surface area contributed by atoms with E-state index in [1.807, 2.05) is 30.7 Å². The van der Waals surface area contributed by atoms with Crippen molar-refractivity contribution in [2.24, 2.45) is 5.92 Å². The highest BCUT2D eigenvalue weighted by Crippen LogP contribution is 2.35. The van der Waals surface area contributed by atoms with Crippen molar-refractivity contribution < 1.29 is 13.9 Å². The summed E-state index contributed by atoms with van der Waals surface area (Å²) in [5.41, 5.74) is 2.01. The van der Waals surface area contributed by atoms with E-state index in [0.29, 0.717) is 24.9 Å². The summed E-state index contributed by atoms with van der Waals surface area (Å²) in [7, 11) is 1.54. The Morgan fingerprint density at radius 2 is 2.04 bits per heavy atom. The fourth-order valence-corrected chi connectivity index (χ4v) is 3.55. The second-order valence-corrected chi connectivity index (χ2v) is 6.43. The van der Waals surface area contributed by atoms with E-state index >= 15 is 0 Å². The van der Waals surface area contributed by atoms with Crippen LogP contribution in [0.1, 0.15) is 11.6 Å². The van der Waals surface area contributed by atoms with Gasteiger partial charge in [-0.25, -0.2) is 9.37 Å². The van der Waals surface area contributed by atoms with Crippen LogP contribution in [-0.4, -0.2) is 34.9 Å². The van der Waals surface area contributed by atoms with Crippen LogP contribution in [0.3, 0.4) is 0 Å². The third kappa shape index (κ3) is 3.20. The van der Waals surface area contributed by atoms with Crippen LogP contribution in [0.4, 0.5) is 4.39 Å². The highest BCUT2D eigenvalue weighted by Gasteiger charge is 2.31. The van der Waals surface area contributed by atoms with Crippen LogP contribution in [0.25, 0.3) is 11.4 Å². The molecule has 4 rings (SSSR count). The maximum atomic E-state index is 13.5. The molecule has 26 heavy (non-hydrogen) atoms. The first kappa shape index (κ1) is 16.7. The van der Waals surface area contributed by atoms with Crippen LogP contribution in [0.5, 0.6) is 5.75 Å². The molecule has 0 bridgehead atoms. The van der Waals surface area contributed by atoms with E-state index in [-0.39, 0.29) is 11.9 Å². The van der Waals surface area contributed by atoms with Crippen molar-refractivity contribution in [3.05, 3.63) is 66.5 Å². The van der Waals surface area contributed by atoms with E-state index < -0.39 is 0 Å². The zero-order valence-corrected chi connectivity index (χ0v) is 14.5. The van der Waals surface area contributed by atoms with Crippen molar-refractivity contribution in [2.45, 2.75) is 12.5 Å². The van der Waals surface area contributed by atoms with Crippen molar-refractivity contribution >= 4 is 0 Å². The summed E-state index contributed by atoms with van der Waals surface area (Å²) in [6.07, 6.45) is 8.25. The quantitative estimate of drug-likeness (QED) is 0.704. The lowest BCUT2D eigenvalue weighted by Crippen LogP contribution is -2.20. The number of benzene rings is 1. The zero-order chi connectivity index (χ0) is 17.9. The van der Waals surface area contributed by atoms with E-state index in [1.165, 1.54) is 24.8 Å². The first-order valence-corrected chi connectivity index (χ1v) is 8.59. The molecule has 1 saturated heterocycles. The Kier molecular flexibility index (Phi) is 4.67. The monoisotopic (exact) mass is 353 g/mol. The second kappa shape index (κ2) is 7.25. The highest BCUT2D eigenvalue weighted by atomic mass is 19.1. The van der Waals surface area contributed by atoms with Gasteiger partial charge in [-0.1, -0.05) is 0 Å². The van der Waals surface area contributed by atoms with Crippen molar-refractivity contribution in [3.8, 4) is 17.1 Å². The van der Waals surface area contributed by atoms with Gasteiger partial charge in [-0.3, -0.25) is 4.98 Å². The molecule has 2 atom stereocenters. The van der Waals surface area contributed by atoms with Gasteiger partial charge in [0, 0.05) is 36.8 Å². The Balaban J connectivity index is 1.66. The molecule has 6 heteroatoms. The molecule has 0 radical (unpaired) electrons. The minimum absolute atomic E-state index is 0.162. The Labute approximate surface area is 151 Å². The lowest BCUT2D eigenvalue weighted by molar-refractivity contribution is 0.181. The molecular weight excluding hydrogens is 333 g/mol. The molecule has 0 aliphatic carbocycles. The predicted molar refractivity (Wildman–Crippen MR) is 95.5 cm³/mol. The summed E-state index contributed by atoms with van der Waals surface area (Å²) >= 11 is 0. The van der Waals surface area contributed by atoms with E-state index in [9.17, 15) is 4.39 Å². The normalized spacial score (nSPS) is 19.6. The van der Waals surface area contributed by atoms with Gasteiger partial charge in [0.25, 0.3) is 0 Å². The molecule has 2 aromatic heterocycles. The summed E-state index contributed by atoms with van der Waals surface area (Å²) in [4.78, 5) is 8.58. The molecule has 1 aromatic carbocycles. The Morgan fingerprint density at radius 3 is 2.85 bits per heavy atom. The summed E-state index contributed by atoms with van der Waals surface area (Å²) < 4.78 is 26.8. The second-order valence-electron chi connectivity index (χ2n) is 6.43. The van der Waals surface area contributed by atoms with Gasteiger partial charge >= 0.3 is 0 Å². The highest BCUT2D eigenvalue weighted by molar-refractivity contribution is 5.64. The lowest BCUT2D eigenvalue weighted by Gasteiger charge is -2.22. The number of rotatable bonds is 5. The minimum atomic E-state index is -0.330. The molecule has 0 amide bonds. The van der Waals surface area contributed by atoms with E-state index in [4.69, 9.17) is 9.47 Å². The van der Waals surface area contributed by atoms with E-state index in [2.05, 4.69) is 14.5 Å². The van der Waals surface area contributed by atoms with Crippen LogP contribution in [0.2, 0.25) is 0 Å². The van der Waals surface area contributed by atoms with Crippen LogP contribution >= 0.6 is 0 Å². The van der Waals surface area contributed by atoms with Gasteiger partial charge < -0.3 is 14.0 Å². The van der Waals surface area contributed by atoms with Gasteiger partial charge in [-0.05, 0) is 36.2 Å². The van der Waals surface area contributed by atoms with Crippen LogP contribution in [0, 0.1) is 11.7 Å². The summed E-state index contributed by atoms with van der Waals surface area (Å²) in [5, 5.41) is 0. The molecule has 1 aliphatic heterocycles. The molecule has 0 spiro atoms. The maximum Gasteiger partial charge on any atom is 0.143 e. The number of ether oxygens (including phenoxy) is 2. The molecule has 5 nitrogen and oxygen atoms in total. The zero-order valence-electron chi connectivity index (χ0n) is 14.5. The number of aromatic nitrogens is 3. The van der Waals surface area contributed by atoms with Crippen LogP contribution < -0.4 is 4.74 Å². The number of nitrogens with zero attached hydrogens (tertiary/aromatic N) is 3. The summed E-state index contributed by atoms with van der Waals surface area (Å²) in [5.74, 6) is 1.24. The average molecular weight is 353 g/mol. The average Bonchev–Trinajstić information content (AvgIpc) is 3.31. The minimum Gasteiger partial charge on any atom is -0.496 e. The SMILES string of the molecule is COc1cc(F)ccc1-c1nccn1[C@@H]1COC[C@@H]1Cc1ccncc1. The van der Waals surface area contributed by atoms with Gasteiger partial charge in [0.15, 0.2) is 0 Å². The van der Waals surface area contributed by atoms with Crippen molar-refractivity contribution in [1.82, 2.24) is 14.5 Å². The van der Waals surface area contributed by atoms with Crippen LogP contribution in [0.15, 0.2) is 55.1 Å². The Morgan fingerprint density at radius 1 is 1.19 bits per heavy atom. The molecule has 0 saturated carbocycles. The Bertz CT molecular complexity index is 882. The van der Waals surface area contributed by atoms with E-state index in [1.54, 1.807) is 12.3 Å². The molecule has 0 unspecified atom stereocenters. The summed E-state index contributed by atoms with van der Waals surface area (Å²) in [6, 6.07) is 8.75. The van der Waals surface area contributed by atoms with E-state index in [0.717, 1.165) is 17.8 Å². The standard InChI is InChI=1S/C20H20FN3O2/c1-25-19-11-16(21)2-3-17(19)20-23-8-9-24(20)18-13-26-12-15(18)10-14-4-6-22-7-5-14/h2-9,11,15,18H,10,12-13H2,1H3/t15-,18+/m0/s1. The Hall–Kier alpha value is -2.73. The molecule has 1 aliphatic rings. The molecular formula is C20H20FN3O2. The molecule has 3 aromatic rings. The molecule has 1 fully saturated rings. The lowest BCUT2D eigenvalue weighted by atomic mass is 9.95. The third-order valence-electron chi connectivity index (χ3n) is 4.84. The number of imidazole rings is 1. The van der Waals surface area contributed by atoms with Crippen molar-refractivity contribution in [2.75, 3.05) is 20.3 Å². The topological polar surface area (TPSA) is 49.2 Å². The fourth-order valence-electron chi connectivity index (χ4n) is 3.55. The molecule has 3 heterocycles. The molecule has 134 valence electrons. The number of halogens is 1. The third-order valence-corrected chi connectivity index (χ3v) is 4.84. The number of hydrogen-bond acceptors (Lipinski definition) is 4. The van der Waals surface area contributed by atoms with Gasteiger partial charge in [0.1, 0.15) is 17.4 Å². The maximum absolute atomic E-state index is 13.5. The first-order chi connectivity index (χ1) is 12.8. The van der Waals surface area contributed by atoms with Gasteiger partial charge in [-0.15, -0.1) is 0 Å².